The van der Waals surface area contributed by atoms with Crippen LogP contribution in [0.5, 0.6) is 5.75 Å². The third-order valence-corrected chi connectivity index (χ3v) is 7.16. The van der Waals surface area contributed by atoms with Gasteiger partial charge in [0.05, 0.1) is 22.8 Å². The lowest BCUT2D eigenvalue weighted by Gasteiger charge is -2.19. The second-order valence-corrected chi connectivity index (χ2v) is 9.86. The summed E-state index contributed by atoms with van der Waals surface area (Å²) in [7, 11) is -2.52. The highest BCUT2D eigenvalue weighted by atomic mass is 32.2. The van der Waals surface area contributed by atoms with E-state index in [9.17, 15) is 21.6 Å². The van der Waals surface area contributed by atoms with Crippen molar-refractivity contribution in [2.45, 2.75) is 23.9 Å². The number of nitrogens with one attached hydrogen (secondary N) is 1. The topological polar surface area (TPSA) is 99.0 Å². The Bertz CT molecular complexity index is 1550. The summed E-state index contributed by atoms with van der Waals surface area (Å²) in [6, 6.07) is 9.35. The van der Waals surface area contributed by atoms with Crippen molar-refractivity contribution in [1.82, 2.24) is 19.7 Å². The summed E-state index contributed by atoms with van der Waals surface area (Å²) in [6.45, 7) is 0.503. The average Bonchev–Trinajstić information content (AvgIpc) is 3.28. The molecular formula is C24H20F3N5O3S. The Labute approximate surface area is 204 Å². The number of ether oxygens (including phenoxy) is 1. The highest BCUT2D eigenvalue weighted by Gasteiger charge is 2.32. The number of aromatic nitrogens is 4. The van der Waals surface area contributed by atoms with E-state index in [-0.39, 0.29) is 27.5 Å². The van der Waals surface area contributed by atoms with Gasteiger partial charge in [-0.25, -0.2) is 13.4 Å². The molecular weight excluding hydrogens is 495 g/mol. The molecule has 4 aromatic rings. The monoisotopic (exact) mass is 515 g/mol. The van der Waals surface area contributed by atoms with Crippen LogP contribution in [0.25, 0.3) is 22.5 Å². The van der Waals surface area contributed by atoms with E-state index >= 15 is 0 Å². The number of hydrogen-bond donors (Lipinski definition) is 1. The van der Waals surface area contributed by atoms with E-state index in [4.69, 9.17) is 4.74 Å². The Morgan fingerprint density at radius 3 is 2.56 bits per heavy atom. The number of benzene rings is 2. The molecule has 8 nitrogen and oxygen atoms in total. The van der Waals surface area contributed by atoms with E-state index in [2.05, 4.69) is 19.8 Å². The van der Waals surface area contributed by atoms with E-state index < -0.39 is 21.8 Å². The van der Waals surface area contributed by atoms with Gasteiger partial charge in [0, 0.05) is 42.8 Å². The van der Waals surface area contributed by atoms with Crippen molar-refractivity contribution in [2.24, 2.45) is 7.05 Å². The number of alkyl halides is 3. The number of halogens is 3. The summed E-state index contributed by atoms with van der Waals surface area (Å²) >= 11 is 0. The van der Waals surface area contributed by atoms with Gasteiger partial charge in [0.25, 0.3) is 10.0 Å². The molecule has 0 fully saturated rings. The molecule has 1 aliphatic heterocycles. The van der Waals surface area contributed by atoms with Crippen molar-refractivity contribution in [1.29, 1.82) is 0 Å². The smallest absolute Gasteiger partial charge is 0.416 e. The van der Waals surface area contributed by atoms with Gasteiger partial charge < -0.3 is 4.74 Å². The molecule has 0 unspecified atom stereocenters. The fraction of sp³-hybridized carbons (Fsp3) is 0.208. The maximum atomic E-state index is 13.5. The Morgan fingerprint density at radius 2 is 1.81 bits per heavy atom. The minimum atomic E-state index is -4.58. The number of nitrogens with zero attached hydrogens (tertiary/aromatic N) is 4. The number of rotatable bonds is 5. The highest BCUT2D eigenvalue weighted by Crippen LogP contribution is 2.39. The predicted molar refractivity (Wildman–Crippen MR) is 126 cm³/mol. The minimum Gasteiger partial charge on any atom is -0.493 e. The molecule has 0 amide bonds. The molecule has 0 aliphatic carbocycles. The summed E-state index contributed by atoms with van der Waals surface area (Å²) in [5, 5.41) is 4.05. The summed E-state index contributed by atoms with van der Waals surface area (Å²) in [5.41, 5.74) is 0.954. The van der Waals surface area contributed by atoms with Gasteiger partial charge in [-0.3, -0.25) is 14.4 Å². The van der Waals surface area contributed by atoms with Crippen LogP contribution in [0.1, 0.15) is 17.5 Å². The Morgan fingerprint density at radius 1 is 1.00 bits per heavy atom. The lowest BCUT2D eigenvalue weighted by atomic mass is 9.98. The van der Waals surface area contributed by atoms with Gasteiger partial charge in [0.1, 0.15) is 11.4 Å². The highest BCUT2D eigenvalue weighted by molar-refractivity contribution is 7.92. The quantitative estimate of drug-likeness (QED) is 0.414. The van der Waals surface area contributed by atoms with E-state index in [1.54, 1.807) is 19.2 Å². The average molecular weight is 516 g/mol. The summed E-state index contributed by atoms with van der Waals surface area (Å²) in [5.74, 6) is 0.379. The van der Waals surface area contributed by atoms with Gasteiger partial charge in [-0.15, -0.1) is 0 Å². The molecule has 0 radical (unpaired) electrons. The normalized spacial score (nSPS) is 13.7. The van der Waals surface area contributed by atoms with Crippen LogP contribution in [0.4, 0.5) is 19.0 Å². The minimum absolute atomic E-state index is 0.0287. The number of hydrogen-bond acceptors (Lipinski definition) is 6. The van der Waals surface area contributed by atoms with Gasteiger partial charge in [-0.1, -0.05) is 12.1 Å². The lowest BCUT2D eigenvalue weighted by molar-refractivity contribution is -0.137. The SMILES string of the molecule is Cn1nccc1-c1cc(C(F)(F)F)ccc1-c1nccnc1NS(=O)(=O)c1ccc2c(c1)OCCC2. The van der Waals surface area contributed by atoms with Crippen LogP contribution in [0.15, 0.2) is 66.0 Å². The molecule has 2 aromatic heterocycles. The molecule has 0 spiro atoms. The van der Waals surface area contributed by atoms with Gasteiger partial charge in [-0.2, -0.15) is 18.3 Å². The van der Waals surface area contributed by atoms with Gasteiger partial charge in [0.15, 0.2) is 5.82 Å². The summed E-state index contributed by atoms with van der Waals surface area (Å²) in [4.78, 5) is 8.38. The zero-order valence-electron chi connectivity index (χ0n) is 19.0. The first-order valence-corrected chi connectivity index (χ1v) is 12.4. The maximum Gasteiger partial charge on any atom is 0.416 e. The molecule has 0 bridgehead atoms. The van der Waals surface area contributed by atoms with Crippen molar-refractivity contribution in [3.63, 3.8) is 0 Å². The number of fused-ring (bicyclic) bond motifs is 1. The van der Waals surface area contributed by atoms with Crippen LogP contribution in [-0.2, 0) is 29.7 Å². The number of sulfonamides is 1. The van der Waals surface area contributed by atoms with Crippen molar-refractivity contribution in [3.8, 4) is 28.3 Å². The molecule has 0 saturated heterocycles. The van der Waals surface area contributed by atoms with Crippen LogP contribution in [-0.4, -0.2) is 34.8 Å². The third-order valence-electron chi connectivity index (χ3n) is 5.83. The van der Waals surface area contributed by atoms with Gasteiger partial charge >= 0.3 is 6.18 Å². The standard InChI is InChI=1S/C24H20F3N5O3S/c1-32-20(8-9-30-32)19-13-16(24(25,26)27)5-7-18(19)22-23(29-11-10-28-22)31-36(33,34)17-6-4-15-3-2-12-35-21(15)14-17/h4-11,13-14H,2-3,12H2,1H3,(H,29,31). The van der Waals surface area contributed by atoms with Crippen LogP contribution in [0, 0.1) is 0 Å². The van der Waals surface area contributed by atoms with Crippen LogP contribution in [0.2, 0.25) is 0 Å². The Hall–Kier alpha value is -3.93. The largest absolute Gasteiger partial charge is 0.493 e. The molecule has 1 aliphatic rings. The van der Waals surface area contributed by atoms with E-state index in [0.717, 1.165) is 30.5 Å². The molecule has 3 heterocycles. The van der Waals surface area contributed by atoms with Crippen molar-refractivity contribution in [2.75, 3.05) is 11.3 Å². The Balaban J connectivity index is 1.59. The number of anilines is 1. The summed E-state index contributed by atoms with van der Waals surface area (Å²) in [6.07, 6.45) is 1.16. The number of aryl methyl sites for hydroxylation is 2. The van der Waals surface area contributed by atoms with Crippen molar-refractivity contribution >= 4 is 15.8 Å². The molecule has 2 aromatic carbocycles. The van der Waals surface area contributed by atoms with Gasteiger partial charge in [0.2, 0.25) is 0 Å². The van der Waals surface area contributed by atoms with Crippen molar-refractivity contribution in [3.05, 3.63) is 72.2 Å². The van der Waals surface area contributed by atoms with Crippen LogP contribution < -0.4 is 9.46 Å². The molecule has 0 atom stereocenters. The van der Waals surface area contributed by atoms with E-state index in [1.807, 2.05) is 0 Å². The van der Waals surface area contributed by atoms with Crippen molar-refractivity contribution < 1.29 is 26.3 Å². The van der Waals surface area contributed by atoms with Gasteiger partial charge in [-0.05, 0) is 42.7 Å². The zero-order valence-corrected chi connectivity index (χ0v) is 19.8. The predicted octanol–water partition coefficient (Wildman–Crippen LogP) is 4.69. The van der Waals surface area contributed by atoms with E-state index in [1.165, 1.54) is 41.5 Å². The molecule has 186 valence electrons. The maximum absolute atomic E-state index is 13.5. The first kappa shape index (κ1) is 23.8. The van der Waals surface area contributed by atoms with Crippen LogP contribution >= 0.6 is 0 Å². The first-order chi connectivity index (χ1) is 17.1. The zero-order chi connectivity index (χ0) is 25.5. The summed E-state index contributed by atoms with van der Waals surface area (Å²) < 4.78 is 76.4. The fourth-order valence-electron chi connectivity index (χ4n) is 4.06. The fourth-order valence-corrected chi connectivity index (χ4v) is 5.09. The molecule has 0 saturated carbocycles. The molecule has 1 N–H and O–H groups in total. The lowest BCUT2D eigenvalue weighted by Crippen LogP contribution is -2.16. The second kappa shape index (κ2) is 8.94. The first-order valence-electron chi connectivity index (χ1n) is 10.9. The third kappa shape index (κ3) is 4.51. The molecule has 5 rings (SSSR count). The second-order valence-electron chi connectivity index (χ2n) is 8.18. The van der Waals surface area contributed by atoms with E-state index in [0.29, 0.717) is 18.1 Å². The molecule has 12 heteroatoms. The Kier molecular flexibility index (Phi) is 5.91. The van der Waals surface area contributed by atoms with Crippen LogP contribution in [0.3, 0.4) is 0 Å². The molecule has 36 heavy (non-hydrogen) atoms.